The van der Waals surface area contributed by atoms with Crippen LogP contribution in [0.5, 0.6) is 5.75 Å². The Morgan fingerprint density at radius 3 is 2.77 bits per heavy atom. The van der Waals surface area contributed by atoms with Crippen molar-refractivity contribution in [2.45, 2.75) is 19.4 Å². The van der Waals surface area contributed by atoms with Crippen molar-refractivity contribution in [3.8, 4) is 16.3 Å². The maximum absolute atomic E-state index is 13.8. The van der Waals surface area contributed by atoms with Crippen LogP contribution >= 0.6 is 11.3 Å². The van der Waals surface area contributed by atoms with E-state index in [0.29, 0.717) is 30.0 Å². The molecule has 4 nitrogen and oxygen atoms in total. The van der Waals surface area contributed by atoms with Crippen LogP contribution in [0.3, 0.4) is 0 Å². The first kappa shape index (κ1) is 18.1. The number of ether oxygens (including phenoxy) is 1. The van der Waals surface area contributed by atoms with E-state index in [-0.39, 0.29) is 11.7 Å². The van der Waals surface area contributed by atoms with Crippen molar-refractivity contribution in [2.75, 3.05) is 7.11 Å². The van der Waals surface area contributed by atoms with Gasteiger partial charge in [0.05, 0.1) is 12.8 Å². The van der Waals surface area contributed by atoms with Crippen LogP contribution in [0, 0.1) is 5.82 Å². The van der Waals surface area contributed by atoms with Crippen LogP contribution in [0.25, 0.3) is 10.6 Å². The standard InChI is InChI=1S/C20H19FN2O2S/c1-25-18-9-5-2-6-14(18)12-22-19(24)11-10-15-13-26-20(23-15)16-7-3-4-8-17(16)21/h2-9,13H,10-12H2,1H3,(H,22,24). The van der Waals surface area contributed by atoms with Gasteiger partial charge < -0.3 is 10.1 Å². The normalized spacial score (nSPS) is 10.5. The molecule has 6 heteroatoms. The van der Waals surface area contributed by atoms with Crippen LogP contribution < -0.4 is 10.1 Å². The lowest BCUT2D eigenvalue weighted by molar-refractivity contribution is -0.121. The van der Waals surface area contributed by atoms with Crippen molar-refractivity contribution >= 4 is 17.2 Å². The first-order valence-electron chi connectivity index (χ1n) is 8.25. The largest absolute Gasteiger partial charge is 0.496 e. The van der Waals surface area contributed by atoms with Gasteiger partial charge in [-0.3, -0.25) is 4.79 Å². The minimum atomic E-state index is -0.289. The number of aromatic nitrogens is 1. The Bertz CT molecular complexity index is 895. The fraction of sp³-hybridized carbons (Fsp3) is 0.200. The summed E-state index contributed by atoms with van der Waals surface area (Å²) in [7, 11) is 1.61. The van der Waals surface area contributed by atoms with Crippen LogP contribution in [0.2, 0.25) is 0 Å². The predicted molar refractivity (Wildman–Crippen MR) is 101 cm³/mol. The number of aryl methyl sites for hydroxylation is 1. The van der Waals surface area contributed by atoms with Gasteiger partial charge in [-0.25, -0.2) is 9.37 Å². The number of rotatable bonds is 7. The number of hydrogen-bond donors (Lipinski definition) is 1. The van der Waals surface area contributed by atoms with Crippen molar-refractivity contribution in [1.29, 1.82) is 0 Å². The summed E-state index contributed by atoms with van der Waals surface area (Å²) in [5.41, 5.74) is 2.21. The van der Waals surface area contributed by atoms with Crippen molar-refractivity contribution in [2.24, 2.45) is 0 Å². The second kappa shape index (κ2) is 8.58. The molecule has 1 amide bonds. The molecule has 0 unspecified atom stereocenters. The van der Waals surface area contributed by atoms with Gasteiger partial charge in [-0.2, -0.15) is 0 Å². The molecule has 1 N–H and O–H groups in total. The number of nitrogens with zero attached hydrogens (tertiary/aromatic N) is 1. The maximum Gasteiger partial charge on any atom is 0.220 e. The molecule has 0 saturated carbocycles. The molecule has 0 atom stereocenters. The number of amides is 1. The third-order valence-corrected chi connectivity index (χ3v) is 4.86. The van der Waals surface area contributed by atoms with E-state index in [0.717, 1.165) is 17.0 Å². The zero-order valence-electron chi connectivity index (χ0n) is 14.4. The number of thiazole rings is 1. The van der Waals surface area contributed by atoms with Gasteiger partial charge >= 0.3 is 0 Å². The maximum atomic E-state index is 13.8. The summed E-state index contributed by atoms with van der Waals surface area (Å²) in [5, 5.41) is 5.39. The van der Waals surface area contributed by atoms with Crippen molar-refractivity contribution in [3.63, 3.8) is 0 Å². The minimum Gasteiger partial charge on any atom is -0.496 e. The van der Waals surface area contributed by atoms with Gasteiger partial charge in [0.2, 0.25) is 5.91 Å². The summed E-state index contributed by atoms with van der Waals surface area (Å²) in [6.07, 6.45) is 0.846. The highest BCUT2D eigenvalue weighted by atomic mass is 32.1. The van der Waals surface area contributed by atoms with Crippen LogP contribution in [-0.2, 0) is 17.8 Å². The highest BCUT2D eigenvalue weighted by Crippen LogP contribution is 2.26. The summed E-state index contributed by atoms with van der Waals surface area (Å²) in [5.74, 6) is 0.404. The molecule has 0 aliphatic rings. The Kier molecular flexibility index (Phi) is 5.96. The summed E-state index contributed by atoms with van der Waals surface area (Å²) in [6.45, 7) is 0.417. The van der Waals surface area contributed by atoms with Gasteiger partial charge in [0.15, 0.2) is 0 Å². The molecule has 1 heterocycles. The molecule has 0 fully saturated rings. The summed E-state index contributed by atoms with van der Waals surface area (Å²) < 4.78 is 19.1. The average Bonchev–Trinajstić information content (AvgIpc) is 3.14. The number of halogens is 1. The van der Waals surface area contributed by atoms with Gasteiger partial charge in [-0.15, -0.1) is 11.3 Å². The van der Waals surface area contributed by atoms with E-state index >= 15 is 0 Å². The van der Waals surface area contributed by atoms with Gasteiger partial charge in [0, 0.05) is 29.5 Å². The molecule has 134 valence electrons. The number of carbonyl (C=O) groups excluding carboxylic acids is 1. The first-order valence-corrected chi connectivity index (χ1v) is 9.13. The number of carbonyl (C=O) groups is 1. The number of para-hydroxylation sites is 1. The van der Waals surface area contributed by atoms with E-state index in [4.69, 9.17) is 4.74 Å². The molecule has 3 rings (SSSR count). The monoisotopic (exact) mass is 370 g/mol. The van der Waals surface area contributed by atoms with Crippen LogP contribution in [-0.4, -0.2) is 18.0 Å². The SMILES string of the molecule is COc1ccccc1CNC(=O)CCc1csc(-c2ccccc2F)n1. The fourth-order valence-electron chi connectivity index (χ4n) is 2.55. The lowest BCUT2D eigenvalue weighted by Gasteiger charge is -2.09. The van der Waals surface area contributed by atoms with Gasteiger partial charge in [-0.1, -0.05) is 30.3 Å². The predicted octanol–water partition coefficient (Wildman–Crippen LogP) is 4.21. The Balaban J connectivity index is 1.53. The fourth-order valence-corrected chi connectivity index (χ4v) is 3.43. The topological polar surface area (TPSA) is 51.2 Å². The van der Waals surface area contributed by atoms with Crippen LogP contribution in [0.4, 0.5) is 4.39 Å². The number of benzene rings is 2. The Hall–Kier alpha value is -2.73. The Morgan fingerprint density at radius 1 is 1.19 bits per heavy atom. The Morgan fingerprint density at radius 2 is 1.96 bits per heavy atom. The molecule has 2 aromatic carbocycles. The zero-order chi connectivity index (χ0) is 18.4. The van der Waals surface area contributed by atoms with E-state index < -0.39 is 0 Å². The van der Waals surface area contributed by atoms with Crippen molar-refractivity contribution in [3.05, 3.63) is 71.0 Å². The molecular formula is C20H19FN2O2S. The molecule has 1 aromatic heterocycles. The zero-order valence-corrected chi connectivity index (χ0v) is 15.2. The number of methoxy groups -OCH3 is 1. The van der Waals surface area contributed by atoms with E-state index in [2.05, 4.69) is 10.3 Å². The minimum absolute atomic E-state index is 0.0589. The van der Waals surface area contributed by atoms with E-state index in [1.54, 1.807) is 25.3 Å². The quantitative estimate of drug-likeness (QED) is 0.678. The number of hydrogen-bond acceptors (Lipinski definition) is 4. The molecule has 0 aliphatic heterocycles. The van der Waals surface area contributed by atoms with Gasteiger partial charge in [0.25, 0.3) is 0 Å². The van der Waals surface area contributed by atoms with Crippen molar-refractivity contribution in [1.82, 2.24) is 10.3 Å². The average molecular weight is 370 g/mol. The third-order valence-electron chi connectivity index (χ3n) is 3.93. The third kappa shape index (κ3) is 4.46. The van der Waals surface area contributed by atoms with Gasteiger partial charge in [0.1, 0.15) is 16.6 Å². The highest BCUT2D eigenvalue weighted by molar-refractivity contribution is 7.13. The molecular weight excluding hydrogens is 351 g/mol. The van der Waals surface area contributed by atoms with Crippen LogP contribution in [0.1, 0.15) is 17.7 Å². The molecule has 0 radical (unpaired) electrons. The Labute approximate surface area is 155 Å². The molecule has 0 bridgehead atoms. The molecule has 26 heavy (non-hydrogen) atoms. The molecule has 0 saturated heterocycles. The van der Waals surface area contributed by atoms with Crippen LogP contribution in [0.15, 0.2) is 53.9 Å². The second-order valence-electron chi connectivity index (χ2n) is 5.71. The second-order valence-corrected chi connectivity index (χ2v) is 6.57. The summed E-state index contributed by atoms with van der Waals surface area (Å²) in [4.78, 5) is 16.5. The lowest BCUT2D eigenvalue weighted by atomic mass is 10.2. The first-order chi connectivity index (χ1) is 12.7. The number of nitrogens with one attached hydrogen (secondary N) is 1. The smallest absolute Gasteiger partial charge is 0.220 e. The van der Waals surface area contributed by atoms with E-state index in [1.165, 1.54) is 17.4 Å². The van der Waals surface area contributed by atoms with E-state index in [1.807, 2.05) is 29.6 Å². The van der Waals surface area contributed by atoms with Crippen molar-refractivity contribution < 1.29 is 13.9 Å². The van der Waals surface area contributed by atoms with Gasteiger partial charge in [-0.05, 0) is 24.6 Å². The van der Waals surface area contributed by atoms with E-state index in [9.17, 15) is 9.18 Å². The highest BCUT2D eigenvalue weighted by Gasteiger charge is 2.11. The molecule has 3 aromatic rings. The molecule has 0 aliphatic carbocycles. The lowest BCUT2D eigenvalue weighted by Crippen LogP contribution is -2.23. The summed E-state index contributed by atoms with van der Waals surface area (Å²) in [6, 6.07) is 14.1. The summed E-state index contributed by atoms with van der Waals surface area (Å²) >= 11 is 1.38. The molecule has 0 spiro atoms.